The molecule has 0 aromatic rings. The first-order chi connectivity index (χ1) is 12.0. The monoisotopic (exact) mass is 354 g/mol. The number of rotatable bonds is 14. The van der Waals surface area contributed by atoms with Crippen molar-refractivity contribution in [1.82, 2.24) is 0 Å². The lowest BCUT2D eigenvalue weighted by atomic mass is 9.96. The largest absolute Gasteiger partial charge is 0.346 e. The molecule has 2 nitrogen and oxygen atoms in total. The number of hydrogen-bond donors (Lipinski definition) is 0. The molecule has 0 N–H and O–H groups in total. The van der Waals surface area contributed by atoms with Crippen LogP contribution < -0.4 is 0 Å². The Morgan fingerprint density at radius 2 is 0.920 bits per heavy atom. The lowest BCUT2D eigenvalue weighted by Crippen LogP contribution is -2.27. The van der Waals surface area contributed by atoms with Crippen LogP contribution in [-0.2, 0) is 9.47 Å². The molecule has 150 valence electrons. The molecule has 1 aliphatic heterocycles. The van der Waals surface area contributed by atoms with Crippen molar-refractivity contribution >= 4 is 0 Å². The number of ether oxygens (including phenoxy) is 2. The van der Waals surface area contributed by atoms with Gasteiger partial charge in [-0.25, -0.2) is 0 Å². The van der Waals surface area contributed by atoms with Crippen LogP contribution in [0.1, 0.15) is 125 Å². The summed E-state index contributed by atoms with van der Waals surface area (Å²) >= 11 is 0. The lowest BCUT2D eigenvalue weighted by Gasteiger charge is -2.25. The molecular weight excluding hydrogens is 308 g/mol. The third kappa shape index (κ3) is 9.99. The highest BCUT2D eigenvalue weighted by molar-refractivity contribution is 4.82. The molecule has 0 radical (unpaired) electrons. The SMILES string of the molecule is CCCCCCCCC1OC(C(C)(C)C)OC1CCCCCCCC. The van der Waals surface area contributed by atoms with Crippen molar-refractivity contribution in [1.29, 1.82) is 0 Å². The summed E-state index contributed by atoms with van der Waals surface area (Å²) in [6.07, 6.45) is 19.2. The molecular formula is C23H46O2. The Labute approximate surface area is 158 Å². The quantitative estimate of drug-likeness (QED) is 0.298. The molecule has 0 saturated carbocycles. The maximum atomic E-state index is 6.34. The van der Waals surface area contributed by atoms with Crippen LogP contribution in [0, 0.1) is 5.41 Å². The highest BCUT2D eigenvalue weighted by Gasteiger charge is 2.40. The first-order valence-electron chi connectivity index (χ1n) is 11.3. The number of unbranched alkanes of at least 4 members (excludes halogenated alkanes) is 10. The van der Waals surface area contributed by atoms with Crippen LogP contribution in [-0.4, -0.2) is 18.5 Å². The summed E-state index contributed by atoms with van der Waals surface area (Å²) in [5.41, 5.74) is 0.0786. The van der Waals surface area contributed by atoms with E-state index in [1.54, 1.807) is 0 Å². The van der Waals surface area contributed by atoms with Gasteiger partial charge in [0, 0.05) is 5.41 Å². The minimum atomic E-state index is -0.0253. The first-order valence-corrected chi connectivity index (χ1v) is 11.3. The first kappa shape index (κ1) is 23.0. The van der Waals surface area contributed by atoms with Crippen LogP contribution in [0.3, 0.4) is 0 Å². The molecule has 2 heteroatoms. The molecule has 1 fully saturated rings. The fraction of sp³-hybridized carbons (Fsp3) is 1.00. The van der Waals surface area contributed by atoms with Crippen LogP contribution in [0.2, 0.25) is 0 Å². The van der Waals surface area contributed by atoms with E-state index < -0.39 is 0 Å². The normalized spacial score (nSPS) is 24.1. The summed E-state index contributed by atoms with van der Waals surface area (Å²) in [4.78, 5) is 0. The topological polar surface area (TPSA) is 18.5 Å². The highest BCUT2D eigenvalue weighted by atomic mass is 16.7. The van der Waals surface area contributed by atoms with E-state index in [0.717, 1.165) is 0 Å². The fourth-order valence-electron chi connectivity index (χ4n) is 3.69. The molecule has 2 atom stereocenters. The molecule has 1 saturated heterocycles. The van der Waals surface area contributed by atoms with Gasteiger partial charge < -0.3 is 9.47 Å². The van der Waals surface area contributed by atoms with Crippen LogP contribution >= 0.6 is 0 Å². The lowest BCUT2D eigenvalue weighted by molar-refractivity contribution is -0.132. The number of hydrogen-bond acceptors (Lipinski definition) is 2. The molecule has 25 heavy (non-hydrogen) atoms. The van der Waals surface area contributed by atoms with Gasteiger partial charge in [-0.3, -0.25) is 0 Å². The summed E-state index contributed by atoms with van der Waals surface area (Å²) in [7, 11) is 0. The fourth-order valence-corrected chi connectivity index (χ4v) is 3.69. The van der Waals surface area contributed by atoms with Gasteiger partial charge in [0.1, 0.15) is 0 Å². The Morgan fingerprint density at radius 1 is 0.560 bits per heavy atom. The molecule has 0 aliphatic carbocycles. The Hall–Kier alpha value is -0.0800. The van der Waals surface area contributed by atoms with Crippen molar-refractivity contribution < 1.29 is 9.47 Å². The van der Waals surface area contributed by atoms with Crippen molar-refractivity contribution in [3.63, 3.8) is 0 Å². The van der Waals surface area contributed by atoms with Gasteiger partial charge in [-0.2, -0.15) is 0 Å². The van der Waals surface area contributed by atoms with E-state index in [0.29, 0.717) is 12.2 Å². The van der Waals surface area contributed by atoms with E-state index in [1.165, 1.54) is 89.9 Å². The predicted octanol–water partition coefficient (Wildman–Crippen LogP) is 7.64. The Morgan fingerprint density at radius 3 is 1.28 bits per heavy atom. The van der Waals surface area contributed by atoms with Crippen molar-refractivity contribution in [2.24, 2.45) is 5.41 Å². The van der Waals surface area contributed by atoms with E-state index in [-0.39, 0.29) is 11.7 Å². The third-order valence-corrected chi connectivity index (χ3v) is 5.40. The standard InChI is InChI=1S/C23H46O2/c1-6-8-10-12-14-16-18-20-21(19-17-15-13-11-9-7-2)25-22(24-20)23(3,4)5/h20-22H,6-19H2,1-5H3. The minimum Gasteiger partial charge on any atom is -0.346 e. The molecule has 0 aromatic heterocycles. The summed E-state index contributed by atoms with van der Waals surface area (Å²) in [5, 5.41) is 0. The van der Waals surface area contributed by atoms with Crippen molar-refractivity contribution in [2.45, 2.75) is 143 Å². The van der Waals surface area contributed by atoms with Crippen LogP contribution in [0.25, 0.3) is 0 Å². The van der Waals surface area contributed by atoms with Gasteiger partial charge in [0.2, 0.25) is 0 Å². The zero-order valence-corrected chi connectivity index (χ0v) is 17.9. The van der Waals surface area contributed by atoms with Gasteiger partial charge in [0.15, 0.2) is 6.29 Å². The second-order valence-corrected chi connectivity index (χ2v) is 9.16. The van der Waals surface area contributed by atoms with Crippen LogP contribution in [0.5, 0.6) is 0 Å². The molecule has 0 bridgehead atoms. The van der Waals surface area contributed by atoms with Crippen molar-refractivity contribution in [3.8, 4) is 0 Å². The molecule has 1 rings (SSSR count). The second-order valence-electron chi connectivity index (χ2n) is 9.16. The third-order valence-electron chi connectivity index (χ3n) is 5.40. The van der Waals surface area contributed by atoms with Crippen LogP contribution in [0.15, 0.2) is 0 Å². The maximum absolute atomic E-state index is 6.34. The van der Waals surface area contributed by atoms with Gasteiger partial charge in [0.25, 0.3) is 0 Å². The summed E-state index contributed by atoms with van der Waals surface area (Å²) in [6, 6.07) is 0. The maximum Gasteiger partial charge on any atom is 0.163 e. The van der Waals surface area contributed by atoms with Crippen molar-refractivity contribution in [2.75, 3.05) is 0 Å². The zero-order valence-electron chi connectivity index (χ0n) is 17.9. The Bertz CT molecular complexity index is 284. The highest BCUT2D eigenvalue weighted by Crippen LogP contribution is 2.35. The van der Waals surface area contributed by atoms with Gasteiger partial charge in [-0.05, 0) is 12.8 Å². The molecule has 1 aliphatic rings. The molecule has 0 spiro atoms. The Kier molecular flexibility index (Phi) is 12.1. The minimum absolute atomic E-state index is 0.0253. The van der Waals surface area contributed by atoms with Gasteiger partial charge in [-0.15, -0.1) is 0 Å². The zero-order chi connectivity index (χ0) is 18.5. The van der Waals surface area contributed by atoms with Crippen LogP contribution in [0.4, 0.5) is 0 Å². The van der Waals surface area contributed by atoms with E-state index in [4.69, 9.17) is 9.47 Å². The average Bonchev–Trinajstić information content (AvgIpc) is 2.97. The van der Waals surface area contributed by atoms with E-state index in [9.17, 15) is 0 Å². The van der Waals surface area contributed by atoms with E-state index >= 15 is 0 Å². The van der Waals surface area contributed by atoms with Gasteiger partial charge in [-0.1, -0.05) is 112 Å². The Balaban J connectivity index is 2.31. The molecule has 0 amide bonds. The molecule has 2 unspecified atom stereocenters. The van der Waals surface area contributed by atoms with Crippen molar-refractivity contribution in [3.05, 3.63) is 0 Å². The summed E-state index contributed by atoms with van der Waals surface area (Å²) in [5.74, 6) is 0. The smallest absolute Gasteiger partial charge is 0.163 e. The summed E-state index contributed by atoms with van der Waals surface area (Å²) < 4.78 is 12.7. The second kappa shape index (κ2) is 13.1. The molecule has 0 aromatic carbocycles. The van der Waals surface area contributed by atoms with E-state index in [1.807, 2.05) is 0 Å². The average molecular weight is 355 g/mol. The predicted molar refractivity (Wildman–Crippen MR) is 109 cm³/mol. The van der Waals surface area contributed by atoms with E-state index in [2.05, 4.69) is 34.6 Å². The summed E-state index contributed by atoms with van der Waals surface area (Å²) in [6.45, 7) is 11.2. The van der Waals surface area contributed by atoms with Gasteiger partial charge >= 0.3 is 0 Å². The van der Waals surface area contributed by atoms with Gasteiger partial charge in [0.05, 0.1) is 12.2 Å². The molecule has 1 heterocycles.